The van der Waals surface area contributed by atoms with Crippen molar-refractivity contribution < 1.29 is 8.42 Å². The number of nitriles is 1. The predicted octanol–water partition coefficient (Wildman–Crippen LogP) is 1.25. The first kappa shape index (κ1) is 17.5. The molecule has 0 atom stereocenters. The highest BCUT2D eigenvalue weighted by Gasteiger charge is 2.26. The molecule has 0 aliphatic carbocycles. The average Bonchev–Trinajstić information content (AvgIpc) is 2.59. The molecule has 1 fully saturated rings. The summed E-state index contributed by atoms with van der Waals surface area (Å²) in [5, 5.41) is 13.6. The van der Waals surface area contributed by atoms with Gasteiger partial charge in [-0.15, -0.1) is 0 Å². The normalized spacial score (nSPS) is 16.7. The van der Waals surface area contributed by atoms with Gasteiger partial charge >= 0.3 is 0 Å². The van der Waals surface area contributed by atoms with E-state index < -0.39 is 10.0 Å². The van der Waals surface area contributed by atoms with Gasteiger partial charge in [-0.25, -0.2) is 12.7 Å². The lowest BCUT2D eigenvalue weighted by molar-refractivity contribution is 0.332. The summed E-state index contributed by atoms with van der Waals surface area (Å²) in [4.78, 5) is 12.5. The number of piperidine rings is 1. The first-order valence-electron chi connectivity index (χ1n) is 8.06. The minimum absolute atomic E-state index is 0.0145. The fraction of sp³-hybridized carbons (Fsp3) is 0.412. The number of fused-ring (bicyclic) bond motifs is 1. The van der Waals surface area contributed by atoms with Gasteiger partial charge < -0.3 is 9.88 Å². The lowest BCUT2D eigenvalue weighted by atomic mass is 10.0. The van der Waals surface area contributed by atoms with E-state index in [4.69, 9.17) is 0 Å². The quantitative estimate of drug-likeness (QED) is 0.889. The molecule has 1 aromatic carbocycles. The molecule has 2 aromatic rings. The van der Waals surface area contributed by atoms with E-state index in [1.165, 1.54) is 15.1 Å². The van der Waals surface area contributed by atoms with E-state index in [0.717, 1.165) is 10.9 Å². The number of nitrogens with one attached hydrogen (secondary N) is 1. The molecule has 0 radical (unpaired) electrons. The van der Waals surface area contributed by atoms with Gasteiger partial charge in [0, 0.05) is 31.6 Å². The molecule has 1 N–H and O–H groups in total. The van der Waals surface area contributed by atoms with Gasteiger partial charge in [0.15, 0.2) is 0 Å². The van der Waals surface area contributed by atoms with E-state index >= 15 is 0 Å². The van der Waals surface area contributed by atoms with Crippen LogP contribution in [0.1, 0.15) is 18.4 Å². The number of anilines is 1. The van der Waals surface area contributed by atoms with Crippen LogP contribution in [0.5, 0.6) is 0 Å². The van der Waals surface area contributed by atoms with Gasteiger partial charge in [-0.3, -0.25) is 4.79 Å². The number of aromatic nitrogens is 1. The topological polar surface area (TPSA) is 95.2 Å². The Hall–Kier alpha value is -2.37. The zero-order valence-corrected chi connectivity index (χ0v) is 15.0. The van der Waals surface area contributed by atoms with Crippen LogP contribution in [0.3, 0.4) is 0 Å². The maximum Gasteiger partial charge on any atom is 0.270 e. The summed E-state index contributed by atoms with van der Waals surface area (Å²) in [5.41, 5.74) is 1.05. The molecule has 1 saturated heterocycles. The van der Waals surface area contributed by atoms with E-state index in [9.17, 15) is 18.5 Å². The molecule has 132 valence electrons. The lowest BCUT2D eigenvalue weighted by Gasteiger charge is -2.31. The third-order valence-corrected chi connectivity index (χ3v) is 5.99. The van der Waals surface area contributed by atoms with Crippen LogP contribution in [-0.2, 0) is 17.1 Å². The molecule has 1 aliphatic heterocycles. The Bertz CT molecular complexity index is 1010. The van der Waals surface area contributed by atoms with Gasteiger partial charge in [0.1, 0.15) is 11.6 Å². The van der Waals surface area contributed by atoms with Crippen LogP contribution in [0.15, 0.2) is 29.1 Å². The van der Waals surface area contributed by atoms with Crippen LogP contribution >= 0.6 is 0 Å². The average molecular weight is 360 g/mol. The van der Waals surface area contributed by atoms with Crippen LogP contribution in [-0.4, -0.2) is 42.7 Å². The van der Waals surface area contributed by atoms with Gasteiger partial charge in [0.25, 0.3) is 5.56 Å². The van der Waals surface area contributed by atoms with Gasteiger partial charge in [-0.05, 0) is 18.9 Å². The SMILES string of the molecule is Cn1c(=O)c(C#N)c(NC2CCN(S(C)(=O)=O)CC2)c2ccccc21. The number of rotatable bonds is 3. The van der Waals surface area contributed by atoms with E-state index in [1.807, 2.05) is 30.3 Å². The zero-order valence-electron chi connectivity index (χ0n) is 14.2. The van der Waals surface area contributed by atoms with Crippen molar-refractivity contribution in [2.45, 2.75) is 18.9 Å². The summed E-state index contributed by atoms with van der Waals surface area (Å²) in [6, 6.07) is 9.47. The highest BCUT2D eigenvalue weighted by atomic mass is 32.2. The Kier molecular flexibility index (Phi) is 4.54. The maximum atomic E-state index is 12.5. The molecule has 0 amide bonds. The molecule has 0 unspecified atom stereocenters. The zero-order chi connectivity index (χ0) is 18.2. The number of pyridine rings is 1. The van der Waals surface area contributed by atoms with Gasteiger partial charge in [0.2, 0.25) is 10.0 Å². The van der Waals surface area contributed by atoms with Gasteiger partial charge in [-0.1, -0.05) is 18.2 Å². The number of benzene rings is 1. The molecule has 1 aromatic heterocycles. The van der Waals surface area contributed by atoms with Crippen molar-refractivity contribution in [3.63, 3.8) is 0 Å². The van der Waals surface area contributed by atoms with Crippen molar-refractivity contribution in [2.24, 2.45) is 7.05 Å². The highest BCUT2D eigenvalue weighted by Crippen LogP contribution is 2.27. The molecule has 1 aliphatic rings. The van der Waals surface area contributed by atoms with Crippen molar-refractivity contribution in [1.29, 1.82) is 5.26 Å². The number of sulfonamides is 1. The Morgan fingerprint density at radius 1 is 1.24 bits per heavy atom. The number of para-hydroxylation sites is 1. The summed E-state index contributed by atoms with van der Waals surface area (Å²) >= 11 is 0. The van der Waals surface area contributed by atoms with Crippen molar-refractivity contribution in [3.05, 3.63) is 40.2 Å². The van der Waals surface area contributed by atoms with Crippen LogP contribution in [0.25, 0.3) is 10.9 Å². The van der Waals surface area contributed by atoms with Crippen LogP contribution < -0.4 is 10.9 Å². The summed E-state index contributed by atoms with van der Waals surface area (Å²) < 4.78 is 26.2. The second kappa shape index (κ2) is 6.50. The molecule has 0 bridgehead atoms. The second-order valence-electron chi connectivity index (χ2n) is 6.32. The number of hydrogen-bond acceptors (Lipinski definition) is 5. The molecule has 0 spiro atoms. The van der Waals surface area contributed by atoms with Crippen LogP contribution in [0, 0.1) is 11.3 Å². The lowest BCUT2D eigenvalue weighted by Crippen LogP contribution is -2.42. The first-order valence-corrected chi connectivity index (χ1v) is 9.91. The van der Waals surface area contributed by atoms with Gasteiger partial charge in [-0.2, -0.15) is 5.26 Å². The Morgan fingerprint density at radius 2 is 1.88 bits per heavy atom. The molecule has 3 rings (SSSR count). The molecule has 8 heteroatoms. The largest absolute Gasteiger partial charge is 0.380 e. The van der Waals surface area contributed by atoms with Crippen molar-refractivity contribution in [3.8, 4) is 6.07 Å². The van der Waals surface area contributed by atoms with Crippen molar-refractivity contribution in [1.82, 2.24) is 8.87 Å². The predicted molar refractivity (Wildman–Crippen MR) is 97.0 cm³/mol. The molecule has 2 heterocycles. The summed E-state index contributed by atoms with van der Waals surface area (Å²) in [6.45, 7) is 0.863. The Morgan fingerprint density at radius 3 is 2.48 bits per heavy atom. The minimum Gasteiger partial charge on any atom is -0.380 e. The molecular weight excluding hydrogens is 340 g/mol. The molecule has 0 saturated carbocycles. The first-order chi connectivity index (χ1) is 11.8. The number of hydrogen-bond donors (Lipinski definition) is 1. The third kappa shape index (κ3) is 3.25. The number of nitrogens with zero attached hydrogens (tertiary/aromatic N) is 3. The van der Waals surface area contributed by atoms with E-state index in [0.29, 0.717) is 31.6 Å². The van der Waals surface area contributed by atoms with Crippen molar-refractivity contribution in [2.75, 3.05) is 24.7 Å². The summed E-state index contributed by atoms with van der Waals surface area (Å²) in [6.07, 6.45) is 2.46. The molecule has 7 nitrogen and oxygen atoms in total. The second-order valence-corrected chi connectivity index (χ2v) is 8.31. The summed E-state index contributed by atoms with van der Waals surface area (Å²) in [7, 11) is -1.53. The van der Waals surface area contributed by atoms with Crippen LogP contribution in [0.4, 0.5) is 5.69 Å². The third-order valence-electron chi connectivity index (χ3n) is 4.69. The van der Waals surface area contributed by atoms with Crippen molar-refractivity contribution >= 4 is 26.6 Å². The standard InChI is InChI=1S/C17H20N4O3S/c1-20-15-6-4-3-5-13(15)16(14(11-18)17(20)22)19-12-7-9-21(10-8-12)25(2,23)24/h3-6,12,19H,7-10H2,1-2H3. The van der Waals surface area contributed by atoms with E-state index in [2.05, 4.69) is 5.32 Å². The highest BCUT2D eigenvalue weighted by molar-refractivity contribution is 7.88. The Balaban J connectivity index is 1.96. The maximum absolute atomic E-state index is 12.5. The fourth-order valence-electron chi connectivity index (χ4n) is 3.29. The van der Waals surface area contributed by atoms with E-state index in [-0.39, 0.29) is 17.2 Å². The van der Waals surface area contributed by atoms with E-state index in [1.54, 1.807) is 7.05 Å². The monoisotopic (exact) mass is 360 g/mol. The summed E-state index contributed by atoms with van der Waals surface area (Å²) in [5.74, 6) is 0. The Labute approximate surface area is 146 Å². The smallest absolute Gasteiger partial charge is 0.270 e. The van der Waals surface area contributed by atoms with Crippen LogP contribution in [0.2, 0.25) is 0 Å². The fourth-order valence-corrected chi connectivity index (χ4v) is 4.16. The minimum atomic E-state index is -3.18. The molecular formula is C17H20N4O3S. The molecule has 25 heavy (non-hydrogen) atoms. The number of aryl methyl sites for hydroxylation is 1. The van der Waals surface area contributed by atoms with Gasteiger partial charge in [0.05, 0.1) is 17.5 Å².